The molecule has 1 unspecified atom stereocenters. The molecule has 2 aliphatic rings. The standard InChI is InChI=1S/C22H25FO7/c1-2-28-15-5-3-12(4-6-15)7-13-8-16-14(9-17(13)23)11-29-22(16)21(27)20(26)19(25)18(10-24)30-22/h3-6,8-9,18-21,24-27H,2,7,10-11H2,1H3/t18-,19-,20+,21-,22?/m1/s1. The zero-order valence-electron chi connectivity index (χ0n) is 16.5. The molecule has 2 heterocycles. The van der Waals surface area contributed by atoms with Gasteiger partial charge in [0, 0.05) is 12.0 Å². The fourth-order valence-electron chi connectivity index (χ4n) is 4.07. The normalized spacial score (nSPS) is 30.5. The third kappa shape index (κ3) is 3.49. The number of benzene rings is 2. The van der Waals surface area contributed by atoms with Crippen LogP contribution in [0.3, 0.4) is 0 Å². The second kappa shape index (κ2) is 8.22. The van der Waals surface area contributed by atoms with Crippen molar-refractivity contribution in [1.82, 2.24) is 0 Å². The Morgan fingerprint density at radius 1 is 1.13 bits per heavy atom. The molecule has 4 N–H and O–H groups in total. The summed E-state index contributed by atoms with van der Waals surface area (Å²) in [5, 5.41) is 40.5. The maximum Gasteiger partial charge on any atom is 0.225 e. The second-order valence-corrected chi connectivity index (χ2v) is 7.58. The number of ether oxygens (including phenoxy) is 3. The molecule has 0 amide bonds. The van der Waals surface area contributed by atoms with E-state index in [0.717, 1.165) is 11.3 Å². The Hall–Kier alpha value is -2.07. The first-order chi connectivity index (χ1) is 14.4. The Balaban J connectivity index is 1.67. The number of aliphatic hydroxyl groups is 4. The lowest BCUT2D eigenvalue weighted by atomic mass is 9.86. The zero-order chi connectivity index (χ0) is 21.5. The molecule has 1 saturated heterocycles. The van der Waals surface area contributed by atoms with E-state index < -0.39 is 42.6 Å². The molecule has 162 valence electrons. The average molecular weight is 420 g/mol. The van der Waals surface area contributed by atoms with Crippen LogP contribution in [0.4, 0.5) is 4.39 Å². The molecule has 0 bridgehead atoms. The summed E-state index contributed by atoms with van der Waals surface area (Å²) in [4.78, 5) is 0. The highest BCUT2D eigenvalue weighted by Gasteiger charge is 2.58. The van der Waals surface area contributed by atoms with E-state index in [9.17, 15) is 24.8 Å². The Morgan fingerprint density at radius 2 is 1.87 bits per heavy atom. The van der Waals surface area contributed by atoms with Crippen LogP contribution in [0.1, 0.15) is 29.2 Å². The van der Waals surface area contributed by atoms with Crippen LogP contribution in [0.15, 0.2) is 36.4 Å². The molecule has 0 radical (unpaired) electrons. The highest BCUT2D eigenvalue weighted by molar-refractivity contribution is 5.42. The van der Waals surface area contributed by atoms with Crippen molar-refractivity contribution in [1.29, 1.82) is 0 Å². The van der Waals surface area contributed by atoms with Crippen LogP contribution < -0.4 is 4.74 Å². The molecule has 5 atom stereocenters. The first kappa shape index (κ1) is 21.2. The van der Waals surface area contributed by atoms with Crippen molar-refractivity contribution in [3.63, 3.8) is 0 Å². The van der Waals surface area contributed by atoms with Gasteiger partial charge >= 0.3 is 0 Å². The van der Waals surface area contributed by atoms with Gasteiger partial charge in [-0.3, -0.25) is 0 Å². The van der Waals surface area contributed by atoms with E-state index in [0.29, 0.717) is 23.3 Å². The molecular formula is C22H25FO7. The maximum absolute atomic E-state index is 14.8. The van der Waals surface area contributed by atoms with Gasteiger partial charge in [0.2, 0.25) is 5.79 Å². The van der Waals surface area contributed by atoms with Crippen LogP contribution in [0.5, 0.6) is 5.75 Å². The first-order valence-corrected chi connectivity index (χ1v) is 9.90. The number of aliphatic hydroxyl groups excluding tert-OH is 4. The Labute approximate surface area is 173 Å². The minimum Gasteiger partial charge on any atom is -0.494 e. The van der Waals surface area contributed by atoms with E-state index in [2.05, 4.69) is 0 Å². The van der Waals surface area contributed by atoms with Crippen LogP contribution in [-0.2, 0) is 28.3 Å². The third-order valence-electron chi connectivity index (χ3n) is 5.67. The molecule has 0 aromatic heterocycles. The minimum atomic E-state index is -1.79. The van der Waals surface area contributed by atoms with Gasteiger partial charge in [0.1, 0.15) is 36.0 Å². The lowest BCUT2D eigenvalue weighted by Crippen LogP contribution is -2.63. The van der Waals surface area contributed by atoms with Gasteiger partial charge in [0.05, 0.1) is 19.8 Å². The first-order valence-electron chi connectivity index (χ1n) is 9.90. The lowest BCUT2D eigenvalue weighted by Gasteiger charge is -2.46. The fraction of sp³-hybridized carbons (Fsp3) is 0.455. The number of fused-ring (bicyclic) bond motifs is 2. The molecule has 2 aromatic carbocycles. The van der Waals surface area contributed by atoms with Crippen molar-refractivity contribution in [2.75, 3.05) is 13.2 Å². The summed E-state index contributed by atoms with van der Waals surface area (Å²) in [6.45, 7) is 1.84. The summed E-state index contributed by atoms with van der Waals surface area (Å²) in [6, 6.07) is 10.2. The van der Waals surface area contributed by atoms with Gasteiger partial charge in [-0.15, -0.1) is 0 Å². The SMILES string of the molecule is CCOc1ccc(Cc2cc3c(cc2F)COC32O[C@H](CO)[C@@H](O)[C@H](O)[C@H]2O)cc1. The van der Waals surface area contributed by atoms with Crippen molar-refractivity contribution < 1.29 is 39.0 Å². The van der Waals surface area contributed by atoms with Crippen LogP contribution in [0.2, 0.25) is 0 Å². The summed E-state index contributed by atoms with van der Waals surface area (Å²) < 4.78 is 31.6. The molecule has 1 spiro atoms. The number of hydrogen-bond acceptors (Lipinski definition) is 7. The summed E-state index contributed by atoms with van der Waals surface area (Å²) in [7, 11) is 0. The molecule has 0 aliphatic carbocycles. The third-order valence-corrected chi connectivity index (χ3v) is 5.67. The Kier molecular flexibility index (Phi) is 5.80. The Bertz CT molecular complexity index is 901. The van der Waals surface area contributed by atoms with E-state index in [1.807, 2.05) is 31.2 Å². The van der Waals surface area contributed by atoms with Crippen LogP contribution >= 0.6 is 0 Å². The summed E-state index contributed by atoms with van der Waals surface area (Å²) in [5.41, 5.74) is 2.07. The fourth-order valence-corrected chi connectivity index (χ4v) is 4.07. The van der Waals surface area contributed by atoms with Crippen molar-refractivity contribution in [2.24, 2.45) is 0 Å². The molecule has 1 fully saturated rings. The predicted molar refractivity (Wildman–Crippen MR) is 103 cm³/mol. The van der Waals surface area contributed by atoms with Crippen LogP contribution in [0.25, 0.3) is 0 Å². The molecule has 4 rings (SSSR count). The lowest BCUT2D eigenvalue weighted by molar-refractivity contribution is -0.368. The minimum absolute atomic E-state index is 0.0341. The average Bonchev–Trinajstić information content (AvgIpc) is 3.09. The second-order valence-electron chi connectivity index (χ2n) is 7.58. The van der Waals surface area contributed by atoms with Gasteiger partial charge in [0.25, 0.3) is 0 Å². The van der Waals surface area contributed by atoms with Gasteiger partial charge < -0.3 is 34.6 Å². The van der Waals surface area contributed by atoms with E-state index in [1.165, 1.54) is 6.07 Å². The van der Waals surface area contributed by atoms with Crippen LogP contribution in [0, 0.1) is 5.82 Å². The van der Waals surface area contributed by atoms with E-state index in [-0.39, 0.29) is 13.0 Å². The number of rotatable bonds is 5. The number of hydrogen-bond donors (Lipinski definition) is 4. The molecule has 30 heavy (non-hydrogen) atoms. The smallest absolute Gasteiger partial charge is 0.225 e. The molecule has 8 heteroatoms. The quantitative estimate of drug-likeness (QED) is 0.571. The molecule has 2 aliphatic heterocycles. The number of halogens is 1. The largest absolute Gasteiger partial charge is 0.494 e. The van der Waals surface area contributed by atoms with Crippen molar-refractivity contribution in [3.8, 4) is 5.75 Å². The monoisotopic (exact) mass is 420 g/mol. The highest BCUT2D eigenvalue weighted by atomic mass is 19.1. The van der Waals surface area contributed by atoms with Gasteiger partial charge in [-0.25, -0.2) is 4.39 Å². The van der Waals surface area contributed by atoms with Gasteiger partial charge in [0.15, 0.2) is 0 Å². The van der Waals surface area contributed by atoms with Crippen molar-refractivity contribution in [3.05, 3.63) is 64.5 Å². The summed E-state index contributed by atoms with van der Waals surface area (Å²) >= 11 is 0. The molecule has 2 aromatic rings. The summed E-state index contributed by atoms with van der Waals surface area (Å²) in [5.74, 6) is -1.49. The van der Waals surface area contributed by atoms with E-state index >= 15 is 0 Å². The van der Waals surface area contributed by atoms with E-state index in [1.54, 1.807) is 6.07 Å². The van der Waals surface area contributed by atoms with Crippen LogP contribution in [-0.4, -0.2) is 58.1 Å². The molecular weight excluding hydrogens is 395 g/mol. The predicted octanol–water partition coefficient (Wildman–Crippen LogP) is 0.972. The molecule has 0 saturated carbocycles. The summed E-state index contributed by atoms with van der Waals surface area (Å²) in [6.07, 6.45) is -5.56. The zero-order valence-corrected chi connectivity index (χ0v) is 16.5. The van der Waals surface area contributed by atoms with E-state index in [4.69, 9.17) is 14.2 Å². The maximum atomic E-state index is 14.8. The highest BCUT2D eigenvalue weighted by Crippen LogP contribution is 2.46. The van der Waals surface area contributed by atoms with Crippen molar-refractivity contribution in [2.45, 2.75) is 50.2 Å². The van der Waals surface area contributed by atoms with Gasteiger partial charge in [-0.05, 0) is 47.9 Å². The Morgan fingerprint density at radius 3 is 2.53 bits per heavy atom. The van der Waals surface area contributed by atoms with Gasteiger partial charge in [-0.2, -0.15) is 0 Å². The topological polar surface area (TPSA) is 109 Å². The molecule has 7 nitrogen and oxygen atoms in total. The van der Waals surface area contributed by atoms with Crippen molar-refractivity contribution >= 4 is 0 Å². The van der Waals surface area contributed by atoms with Gasteiger partial charge in [-0.1, -0.05) is 12.1 Å².